The lowest BCUT2D eigenvalue weighted by atomic mass is 10.1. The van der Waals surface area contributed by atoms with E-state index in [4.69, 9.17) is 0 Å². The summed E-state index contributed by atoms with van der Waals surface area (Å²) in [5.74, 6) is 0. The van der Waals surface area contributed by atoms with Crippen molar-refractivity contribution in [3.05, 3.63) is 35.9 Å². The summed E-state index contributed by atoms with van der Waals surface area (Å²) >= 11 is 0. The highest BCUT2D eigenvalue weighted by Crippen LogP contribution is 2.05. The second-order valence-corrected chi connectivity index (χ2v) is 4.79. The third-order valence-electron chi connectivity index (χ3n) is 2.28. The van der Waals surface area contributed by atoms with Crippen LogP contribution in [0.2, 0.25) is 0 Å². The topological polar surface area (TPSA) is 23.5 Å². The quantitative estimate of drug-likeness (QED) is 0.797. The molecule has 1 aromatic carbocycles. The predicted molar refractivity (Wildman–Crippen MR) is 63.9 cm³/mol. The van der Waals surface area contributed by atoms with Gasteiger partial charge in [0, 0.05) is 13.1 Å². The molecule has 0 saturated carbocycles. The number of likely N-dealkylation sites (N-methyl/N-ethyl adjacent to an activating group) is 1. The summed E-state index contributed by atoms with van der Waals surface area (Å²) < 4.78 is 0. The van der Waals surface area contributed by atoms with Gasteiger partial charge in [-0.15, -0.1) is 0 Å². The average Bonchev–Trinajstić information content (AvgIpc) is 2.14. The zero-order chi connectivity index (χ0) is 11.3. The first-order valence-corrected chi connectivity index (χ1v) is 5.42. The summed E-state index contributed by atoms with van der Waals surface area (Å²) in [6, 6.07) is 10.4. The first-order valence-electron chi connectivity index (χ1n) is 5.42. The maximum Gasteiger partial charge on any atom is 0.0718 e. The molecule has 0 aromatic heterocycles. The van der Waals surface area contributed by atoms with Gasteiger partial charge >= 0.3 is 0 Å². The molecule has 84 valence electrons. The zero-order valence-electron chi connectivity index (χ0n) is 9.90. The third kappa shape index (κ3) is 5.55. The average molecular weight is 207 g/mol. The molecule has 0 unspecified atom stereocenters. The Bertz CT molecular complexity index is 276. The molecule has 0 aliphatic heterocycles. The SMILES string of the molecule is CN(CCc1ccccc1)CC(C)(C)O. The van der Waals surface area contributed by atoms with E-state index in [1.54, 1.807) is 0 Å². The van der Waals surface area contributed by atoms with Crippen LogP contribution in [0.1, 0.15) is 19.4 Å². The molecular weight excluding hydrogens is 186 g/mol. The van der Waals surface area contributed by atoms with Gasteiger partial charge in [-0.1, -0.05) is 30.3 Å². The van der Waals surface area contributed by atoms with Crippen LogP contribution in [0.5, 0.6) is 0 Å². The molecule has 1 aromatic rings. The van der Waals surface area contributed by atoms with Crippen LogP contribution in [0.3, 0.4) is 0 Å². The fraction of sp³-hybridized carbons (Fsp3) is 0.538. The van der Waals surface area contributed by atoms with E-state index in [0.29, 0.717) is 6.54 Å². The molecule has 0 aliphatic carbocycles. The minimum atomic E-state index is -0.606. The highest BCUT2D eigenvalue weighted by molar-refractivity contribution is 5.14. The van der Waals surface area contributed by atoms with Gasteiger partial charge in [0.15, 0.2) is 0 Å². The van der Waals surface area contributed by atoms with Crippen LogP contribution in [0.15, 0.2) is 30.3 Å². The molecule has 0 spiro atoms. The van der Waals surface area contributed by atoms with E-state index in [9.17, 15) is 5.11 Å². The molecule has 0 saturated heterocycles. The Morgan fingerprint density at radius 3 is 2.33 bits per heavy atom. The van der Waals surface area contributed by atoms with Gasteiger partial charge in [0.2, 0.25) is 0 Å². The van der Waals surface area contributed by atoms with Crippen molar-refractivity contribution < 1.29 is 5.11 Å². The maximum atomic E-state index is 9.64. The fourth-order valence-electron chi connectivity index (χ4n) is 1.70. The van der Waals surface area contributed by atoms with Crippen molar-refractivity contribution in [1.82, 2.24) is 4.90 Å². The summed E-state index contributed by atoms with van der Waals surface area (Å²) in [5, 5.41) is 9.64. The summed E-state index contributed by atoms with van der Waals surface area (Å²) in [5.41, 5.74) is 0.742. The Kier molecular flexibility index (Phi) is 4.30. The minimum Gasteiger partial charge on any atom is -0.389 e. The van der Waals surface area contributed by atoms with Gasteiger partial charge in [0.25, 0.3) is 0 Å². The number of hydrogen-bond acceptors (Lipinski definition) is 2. The molecule has 0 radical (unpaired) electrons. The van der Waals surface area contributed by atoms with E-state index >= 15 is 0 Å². The summed E-state index contributed by atoms with van der Waals surface area (Å²) in [4.78, 5) is 2.16. The molecule has 0 atom stereocenters. The lowest BCUT2D eigenvalue weighted by molar-refractivity contribution is 0.0450. The predicted octanol–water partition coefficient (Wildman–Crippen LogP) is 1.93. The van der Waals surface area contributed by atoms with Crippen LogP contribution in [0.4, 0.5) is 0 Å². The lowest BCUT2D eigenvalue weighted by Gasteiger charge is -2.25. The van der Waals surface area contributed by atoms with Crippen molar-refractivity contribution in [2.45, 2.75) is 25.9 Å². The highest BCUT2D eigenvalue weighted by atomic mass is 16.3. The number of benzene rings is 1. The van der Waals surface area contributed by atoms with Crippen molar-refractivity contribution in [3.63, 3.8) is 0 Å². The number of rotatable bonds is 5. The number of hydrogen-bond donors (Lipinski definition) is 1. The second-order valence-electron chi connectivity index (χ2n) is 4.79. The second kappa shape index (κ2) is 5.29. The van der Waals surface area contributed by atoms with Crippen molar-refractivity contribution >= 4 is 0 Å². The van der Waals surface area contributed by atoms with Gasteiger partial charge < -0.3 is 10.0 Å². The molecule has 2 heteroatoms. The van der Waals surface area contributed by atoms with Crippen LogP contribution < -0.4 is 0 Å². The van der Waals surface area contributed by atoms with E-state index in [1.807, 2.05) is 27.0 Å². The first kappa shape index (κ1) is 12.2. The minimum absolute atomic E-state index is 0.606. The summed E-state index contributed by atoms with van der Waals surface area (Å²) in [6.45, 7) is 5.37. The molecular formula is C13H21NO. The van der Waals surface area contributed by atoms with E-state index < -0.39 is 5.60 Å². The van der Waals surface area contributed by atoms with Crippen molar-refractivity contribution in [2.24, 2.45) is 0 Å². The Balaban J connectivity index is 2.32. The van der Waals surface area contributed by atoms with Gasteiger partial charge in [-0.05, 0) is 32.9 Å². The molecule has 2 nitrogen and oxygen atoms in total. The number of aliphatic hydroxyl groups is 1. The molecule has 0 fully saturated rings. The summed E-state index contributed by atoms with van der Waals surface area (Å²) in [7, 11) is 2.04. The van der Waals surface area contributed by atoms with Gasteiger partial charge in [0.1, 0.15) is 0 Å². The normalized spacial score (nSPS) is 12.1. The van der Waals surface area contributed by atoms with Gasteiger partial charge in [0.05, 0.1) is 5.60 Å². The van der Waals surface area contributed by atoms with Crippen molar-refractivity contribution in [3.8, 4) is 0 Å². The Morgan fingerprint density at radius 1 is 1.20 bits per heavy atom. The number of nitrogens with zero attached hydrogens (tertiary/aromatic N) is 1. The monoisotopic (exact) mass is 207 g/mol. The first-order chi connectivity index (χ1) is 6.97. The van der Waals surface area contributed by atoms with Crippen LogP contribution in [-0.4, -0.2) is 35.7 Å². The van der Waals surface area contributed by atoms with Gasteiger partial charge in [-0.3, -0.25) is 0 Å². The summed E-state index contributed by atoms with van der Waals surface area (Å²) in [6.07, 6.45) is 1.04. The largest absolute Gasteiger partial charge is 0.389 e. The fourth-order valence-corrected chi connectivity index (χ4v) is 1.70. The molecule has 15 heavy (non-hydrogen) atoms. The molecule has 1 rings (SSSR count). The van der Waals surface area contributed by atoms with Crippen molar-refractivity contribution in [2.75, 3.05) is 20.1 Å². The van der Waals surface area contributed by atoms with Crippen LogP contribution >= 0.6 is 0 Å². The van der Waals surface area contributed by atoms with Crippen LogP contribution in [0.25, 0.3) is 0 Å². The standard InChI is InChI=1S/C13H21NO/c1-13(2,15)11-14(3)10-9-12-7-5-4-6-8-12/h4-8,15H,9-11H2,1-3H3. The third-order valence-corrected chi connectivity index (χ3v) is 2.28. The lowest BCUT2D eigenvalue weighted by Crippen LogP contribution is -2.37. The molecule has 1 N–H and O–H groups in total. The van der Waals surface area contributed by atoms with Crippen LogP contribution in [-0.2, 0) is 6.42 Å². The molecule has 0 bridgehead atoms. The van der Waals surface area contributed by atoms with Gasteiger partial charge in [-0.25, -0.2) is 0 Å². The van der Waals surface area contributed by atoms with E-state index in [0.717, 1.165) is 13.0 Å². The van der Waals surface area contributed by atoms with Crippen molar-refractivity contribution in [1.29, 1.82) is 0 Å². The highest BCUT2D eigenvalue weighted by Gasteiger charge is 2.14. The maximum absolute atomic E-state index is 9.64. The molecule has 0 amide bonds. The Morgan fingerprint density at radius 2 is 1.80 bits per heavy atom. The molecule has 0 heterocycles. The smallest absolute Gasteiger partial charge is 0.0718 e. The zero-order valence-corrected chi connectivity index (χ0v) is 9.90. The Labute approximate surface area is 92.5 Å². The van der Waals surface area contributed by atoms with Crippen LogP contribution in [0, 0.1) is 0 Å². The molecule has 0 aliphatic rings. The van der Waals surface area contributed by atoms with Gasteiger partial charge in [-0.2, -0.15) is 0 Å². The van der Waals surface area contributed by atoms with E-state index in [2.05, 4.69) is 29.2 Å². The van der Waals surface area contributed by atoms with E-state index in [1.165, 1.54) is 5.56 Å². The Hall–Kier alpha value is -0.860. The van der Waals surface area contributed by atoms with E-state index in [-0.39, 0.29) is 0 Å².